The Kier molecular flexibility index (Phi) is 3.44. The highest BCUT2D eigenvalue weighted by Gasteiger charge is 2.30. The maximum absolute atomic E-state index is 13.7. The van der Waals surface area contributed by atoms with Gasteiger partial charge in [0.05, 0.1) is 11.6 Å². The molecule has 1 atom stereocenters. The molecule has 1 aromatic carbocycles. The van der Waals surface area contributed by atoms with E-state index in [1.54, 1.807) is 12.1 Å². The van der Waals surface area contributed by atoms with Crippen LogP contribution in [-0.4, -0.2) is 18.0 Å². The number of hydrogen-bond donors (Lipinski definition) is 0. The fourth-order valence-corrected chi connectivity index (χ4v) is 2.10. The van der Waals surface area contributed by atoms with Crippen molar-refractivity contribution >= 4 is 0 Å². The quantitative estimate of drug-likeness (QED) is 0.798. The first-order chi connectivity index (χ1) is 8.11. The van der Waals surface area contributed by atoms with Gasteiger partial charge in [0.1, 0.15) is 5.82 Å². The molecule has 1 aromatic rings. The predicted molar refractivity (Wildman–Crippen MR) is 64.8 cm³/mol. The molecule has 2 nitrogen and oxygen atoms in total. The molecular weight excluding hydrogens is 215 g/mol. The van der Waals surface area contributed by atoms with E-state index in [2.05, 4.69) is 11.8 Å². The lowest BCUT2D eigenvalue weighted by molar-refractivity contribution is 0.224. The molecule has 1 aliphatic rings. The zero-order chi connectivity index (χ0) is 12.4. The Morgan fingerprint density at radius 3 is 2.76 bits per heavy atom. The summed E-state index contributed by atoms with van der Waals surface area (Å²) < 4.78 is 13.7. The van der Waals surface area contributed by atoms with Gasteiger partial charge in [0.2, 0.25) is 0 Å². The molecule has 0 heterocycles. The Morgan fingerprint density at radius 2 is 2.24 bits per heavy atom. The molecule has 3 heteroatoms. The van der Waals surface area contributed by atoms with Crippen LogP contribution < -0.4 is 0 Å². The largest absolute Gasteiger partial charge is 0.299 e. The first kappa shape index (κ1) is 12.1. The molecule has 1 unspecified atom stereocenters. The maximum Gasteiger partial charge on any atom is 0.129 e. The van der Waals surface area contributed by atoms with Crippen LogP contribution in [0, 0.1) is 23.1 Å². The molecule has 0 radical (unpaired) electrons. The van der Waals surface area contributed by atoms with Crippen LogP contribution in [0.3, 0.4) is 0 Å². The van der Waals surface area contributed by atoms with Crippen LogP contribution >= 0.6 is 0 Å². The molecular formula is C14H17FN2. The van der Waals surface area contributed by atoms with E-state index < -0.39 is 0 Å². The van der Waals surface area contributed by atoms with Crippen molar-refractivity contribution in [2.45, 2.75) is 32.4 Å². The molecule has 2 rings (SSSR count). The zero-order valence-corrected chi connectivity index (χ0v) is 10.3. The minimum absolute atomic E-state index is 0.279. The number of nitrogens with zero attached hydrogens (tertiary/aromatic N) is 2. The van der Waals surface area contributed by atoms with Crippen LogP contribution in [0.25, 0.3) is 0 Å². The van der Waals surface area contributed by atoms with Crippen LogP contribution in [0.1, 0.15) is 30.9 Å². The first-order valence-electron chi connectivity index (χ1n) is 6.00. The second-order valence-corrected chi connectivity index (χ2v) is 4.91. The minimum Gasteiger partial charge on any atom is -0.299 e. The van der Waals surface area contributed by atoms with E-state index in [1.165, 1.54) is 18.9 Å². The molecule has 1 fully saturated rings. The molecule has 0 spiro atoms. The van der Waals surface area contributed by atoms with Crippen molar-refractivity contribution in [3.8, 4) is 6.07 Å². The summed E-state index contributed by atoms with van der Waals surface area (Å²) in [7, 11) is 2.03. The average Bonchev–Trinajstić information content (AvgIpc) is 3.14. The number of hydrogen-bond acceptors (Lipinski definition) is 2. The minimum atomic E-state index is -0.279. The lowest BCUT2D eigenvalue weighted by Crippen LogP contribution is -2.30. The van der Waals surface area contributed by atoms with E-state index in [-0.39, 0.29) is 5.82 Å². The summed E-state index contributed by atoms with van der Waals surface area (Å²) in [5.41, 5.74) is 1.04. The number of rotatable bonds is 4. The highest BCUT2D eigenvalue weighted by Crippen LogP contribution is 2.35. The van der Waals surface area contributed by atoms with Crippen LogP contribution in [0.15, 0.2) is 18.2 Å². The topological polar surface area (TPSA) is 27.0 Å². The van der Waals surface area contributed by atoms with Crippen molar-refractivity contribution in [2.24, 2.45) is 5.92 Å². The average molecular weight is 232 g/mol. The van der Waals surface area contributed by atoms with E-state index in [0.29, 0.717) is 23.7 Å². The Balaban J connectivity index is 2.05. The molecule has 0 amide bonds. The Bertz CT molecular complexity index is 446. The smallest absolute Gasteiger partial charge is 0.129 e. The highest BCUT2D eigenvalue weighted by molar-refractivity contribution is 5.32. The van der Waals surface area contributed by atoms with E-state index in [1.807, 2.05) is 13.1 Å². The third-order valence-electron chi connectivity index (χ3n) is 3.60. The summed E-state index contributed by atoms with van der Waals surface area (Å²) in [4.78, 5) is 2.18. The molecule has 0 saturated heterocycles. The number of benzene rings is 1. The second kappa shape index (κ2) is 4.85. The molecule has 90 valence electrons. The van der Waals surface area contributed by atoms with E-state index in [0.717, 1.165) is 5.92 Å². The monoisotopic (exact) mass is 232 g/mol. The second-order valence-electron chi connectivity index (χ2n) is 4.91. The van der Waals surface area contributed by atoms with Crippen LogP contribution in [0.4, 0.5) is 4.39 Å². The summed E-state index contributed by atoms with van der Waals surface area (Å²) in [5, 5.41) is 8.68. The van der Waals surface area contributed by atoms with E-state index in [9.17, 15) is 4.39 Å². The van der Waals surface area contributed by atoms with Crippen LogP contribution in [-0.2, 0) is 6.54 Å². The highest BCUT2D eigenvalue weighted by atomic mass is 19.1. The molecule has 0 aromatic heterocycles. The molecule has 0 N–H and O–H groups in total. The third kappa shape index (κ3) is 2.83. The SMILES string of the molecule is CC(C1CC1)N(C)Cc1ccc(C#N)cc1F. The zero-order valence-electron chi connectivity index (χ0n) is 10.3. The molecule has 0 bridgehead atoms. The summed E-state index contributed by atoms with van der Waals surface area (Å²) in [6.45, 7) is 2.80. The normalized spacial score (nSPS) is 16.9. The van der Waals surface area contributed by atoms with Gasteiger partial charge in [0, 0.05) is 18.2 Å². The van der Waals surface area contributed by atoms with Gasteiger partial charge in [-0.05, 0) is 44.9 Å². The van der Waals surface area contributed by atoms with Crippen LogP contribution in [0.5, 0.6) is 0 Å². The standard InChI is InChI=1S/C14H17FN2/c1-10(12-5-6-12)17(2)9-13-4-3-11(8-16)7-14(13)15/h3-4,7,10,12H,5-6,9H2,1-2H3. The van der Waals surface area contributed by atoms with Gasteiger partial charge in [0.15, 0.2) is 0 Å². The summed E-state index contributed by atoms with van der Waals surface area (Å²) >= 11 is 0. The summed E-state index contributed by atoms with van der Waals surface area (Å²) in [6, 6.07) is 7.15. The van der Waals surface area contributed by atoms with E-state index >= 15 is 0 Å². The van der Waals surface area contributed by atoms with Crippen LogP contribution in [0.2, 0.25) is 0 Å². The van der Waals surface area contributed by atoms with E-state index in [4.69, 9.17) is 5.26 Å². The Labute approximate surface area is 102 Å². The van der Waals surface area contributed by atoms with Crippen molar-refractivity contribution in [1.29, 1.82) is 5.26 Å². The fraction of sp³-hybridized carbons (Fsp3) is 0.500. The van der Waals surface area contributed by atoms with Gasteiger partial charge in [-0.25, -0.2) is 4.39 Å². The fourth-order valence-electron chi connectivity index (χ4n) is 2.10. The summed E-state index contributed by atoms with van der Waals surface area (Å²) in [5.74, 6) is 0.500. The molecule has 1 saturated carbocycles. The van der Waals surface area contributed by atoms with Gasteiger partial charge in [-0.2, -0.15) is 5.26 Å². The molecule has 0 aliphatic heterocycles. The Hall–Kier alpha value is -1.40. The van der Waals surface area contributed by atoms with Gasteiger partial charge in [-0.3, -0.25) is 4.90 Å². The summed E-state index contributed by atoms with van der Waals surface area (Å²) in [6.07, 6.45) is 2.59. The van der Waals surface area contributed by atoms with Crippen molar-refractivity contribution in [3.63, 3.8) is 0 Å². The molecule has 17 heavy (non-hydrogen) atoms. The van der Waals surface area contributed by atoms with Crippen molar-refractivity contribution in [1.82, 2.24) is 4.90 Å². The molecule has 1 aliphatic carbocycles. The van der Waals surface area contributed by atoms with Gasteiger partial charge in [-0.1, -0.05) is 6.07 Å². The number of halogens is 1. The van der Waals surface area contributed by atoms with Gasteiger partial charge in [0.25, 0.3) is 0 Å². The van der Waals surface area contributed by atoms with Gasteiger partial charge < -0.3 is 0 Å². The lowest BCUT2D eigenvalue weighted by atomic mass is 10.1. The maximum atomic E-state index is 13.7. The van der Waals surface area contributed by atoms with Crippen molar-refractivity contribution in [3.05, 3.63) is 35.1 Å². The Morgan fingerprint density at radius 1 is 1.53 bits per heavy atom. The predicted octanol–water partition coefficient (Wildman–Crippen LogP) is 2.93. The van der Waals surface area contributed by atoms with Crippen molar-refractivity contribution < 1.29 is 4.39 Å². The first-order valence-corrected chi connectivity index (χ1v) is 6.00. The van der Waals surface area contributed by atoms with Gasteiger partial charge in [-0.15, -0.1) is 0 Å². The lowest BCUT2D eigenvalue weighted by Gasteiger charge is -2.24. The van der Waals surface area contributed by atoms with Gasteiger partial charge >= 0.3 is 0 Å². The number of nitriles is 1. The van der Waals surface area contributed by atoms with Crippen molar-refractivity contribution in [2.75, 3.05) is 7.05 Å². The third-order valence-corrected chi connectivity index (χ3v) is 3.60.